The Bertz CT molecular complexity index is 277. The molecule has 1 atom stereocenters. The summed E-state index contributed by atoms with van der Waals surface area (Å²) in [6.45, 7) is 4.42. The second-order valence-corrected chi connectivity index (χ2v) is 3.61. The van der Waals surface area contributed by atoms with E-state index in [1.165, 1.54) is 0 Å². The highest BCUT2D eigenvalue weighted by atomic mass is 16.5. The zero-order valence-electron chi connectivity index (χ0n) is 9.36. The summed E-state index contributed by atoms with van der Waals surface area (Å²) >= 11 is 0. The van der Waals surface area contributed by atoms with Crippen LogP contribution >= 0.6 is 0 Å². The van der Waals surface area contributed by atoms with Gasteiger partial charge in [0.05, 0.1) is 12.9 Å². The quantitative estimate of drug-likeness (QED) is 0.535. The zero-order chi connectivity index (χ0) is 11.1. The molecule has 0 aromatic carbocycles. The minimum absolute atomic E-state index is 0.207. The lowest BCUT2D eigenvalue weighted by atomic mass is 10.1. The highest BCUT2D eigenvalue weighted by Gasteiger charge is 2.18. The minimum Gasteiger partial charge on any atom is -0.468 e. The first-order valence-electron chi connectivity index (χ1n) is 5.45. The van der Waals surface area contributed by atoms with Crippen molar-refractivity contribution in [2.45, 2.75) is 39.0 Å². The van der Waals surface area contributed by atoms with Gasteiger partial charge in [-0.1, -0.05) is 19.8 Å². The van der Waals surface area contributed by atoms with Gasteiger partial charge in [-0.3, -0.25) is 4.79 Å². The Morgan fingerprint density at radius 2 is 2.33 bits per heavy atom. The fourth-order valence-electron chi connectivity index (χ4n) is 1.30. The molecule has 0 saturated carbocycles. The molecule has 0 aliphatic rings. The molecule has 0 bridgehead atoms. The van der Waals surface area contributed by atoms with Gasteiger partial charge < -0.3 is 9.15 Å². The number of hydrogen-bond acceptors (Lipinski definition) is 3. The molecule has 15 heavy (non-hydrogen) atoms. The van der Waals surface area contributed by atoms with E-state index in [-0.39, 0.29) is 11.9 Å². The van der Waals surface area contributed by atoms with Crippen molar-refractivity contribution >= 4 is 5.97 Å². The molecule has 1 aromatic rings. The monoisotopic (exact) mass is 210 g/mol. The lowest BCUT2D eigenvalue weighted by Gasteiger charge is -2.08. The molecule has 0 amide bonds. The summed E-state index contributed by atoms with van der Waals surface area (Å²) in [5, 5.41) is 0. The van der Waals surface area contributed by atoms with Crippen molar-refractivity contribution in [1.82, 2.24) is 0 Å². The number of ether oxygens (including phenoxy) is 1. The number of carbonyl (C=O) groups is 1. The summed E-state index contributed by atoms with van der Waals surface area (Å²) in [7, 11) is 0. The average molecular weight is 210 g/mol. The van der Waals surface area contributed by atoms with Gasteiger partial charge in [0, 0.05) is 0 Å². The first-order valence-corrected chi connectivity index (χ1v) is 5.45. The van der Waals surface area contributed by atoms with Crippen molar-refractivity contribution < 1.29 is 13.9 Å². The largest absolute Gasteiger partial charge is 0.468 e. The third-order valence-corrected chi connectivity index (χ3v) is 2.32. The Hall–Kier alpha value is -1.25. The van der Waals surface area contributed by atoms with E-state index in [0.29, 0.717) is 12.4 Å². The summed E-state index contributed by atoms with van der Waals surface area (Å²) in [6, 6.07) is 3.56. The number of furan rings is 1. The highest BCUT2D eigenvalue weighted by Crippen LogP contribution is 2.17. The summed E-state index contributed by atoms with van der Waals surface area (Å²) < 4.78 is 10.3. The summed E-state index contributed by atoms with van der Waals surface area (Å²) in [6.07, 6.45) is 4.73. The predicted octanol–water partition coefficient (Wildman–Crippen LogP) is 3.12. The van der Waals surface area contributed by atoms with E-state index in [9.17, 15) is 4.79 Å². The van der Waals surface area contributed by atoms with E-state index in [4.69, 9.17) is 9.15 Å². The second kappa shape index (κ2) is 6.27. The smallest absolute Gasteiger partial charge is 0.316 e. The molecule has 0 aliphatic heterocycles. The van der Waals surface area contributed by atoms with Crippen LogP contribution in [0, 0.1) is 0 Å². The van der Waals surface area contributed by atoms with Crippen molar-refractivity contribution in [1.29, 1.82) is 0 Å². The molecule has 0 N–H and O–H groups in total. The molecule has 1 rings (SSSR count). The van der Waals surface area contributed by atoms with Gasteiger partial charge in [-0.2, -0.15) is 0 Å². The van der Waals surface area contributed by atoms with Crippen LogP contribution in [0.25, 0.3) is 0 Å². The van der Waals surface area contributed by atoms with E-state index >= 15 is 0 Å². The van der Waals surface area contributed by atoms with E-state index in [1.54, 1.807) is 25.3 Å². The lowest BCUT2D eigenvalue weighted by Crippen LogP contribution is -2.13. The van der Waals surface area contributed by atoms with Crippen molar-refractivity contribution in [3.05, 3.63) is 24.2 Å². The molecule has 0 fully saturated rings. The van der Waals surface area contributed by atoms with E-state index in [2.05, 4.69) is 6.92 Å². The third-order valence-electron chi connectivity index (χ3n) is 2.32. The van der Waals surface area contributed by atoms with Crippen LogP contribution in [0.3, 0.4) is 0 Å². The molecule has 0 saturated heterocycles. The van der Waals surface area contributed by atoms with Gasteiger partial charge in [0.2, 0.25) is 0 Å². The van der Waals surface area contributed by atoms with Crippen LogP contribution in [0.15, 0.2) is 22.8 Å². The molecule has 1 heterocycles. The average Bonchev–Trinajstić information content (AvgIpc) is 2.76. The van der Waals surface area contributed by atoms with Gasteiger partial charge in [0.15, 0.2) is 0 Å². The normalized spacial score (nSPS) is 12.4. The Labute approximate surface area is 90.4 Å². The third kappa shape index (κ3) is 3.78. The Morgan fingerprint density at radius 1 is 1.53 bits per heavy atom. The maximum absolute atomic E-state index is 11.5. The van der Waals surface area contributed by atoms with Gasteiger partial charge in [0.1, 0.15) is 11.7 Å². The van der Waals surface area contributed by atoms with E-state index < -0.39 is 0 Å². The van der Waals surface area contributed by atoms with Crippen LogP contribution in [0.2, 0.25) is 0 Å². The van der Waals surface area contributed by atoms with Crippen LogP contribution in [-0.2, 0) is 9.53 Å². The maximum atomic E-state index is 11.5. The van der Waals surface area contributed by atoms with Crippen molar-refractivity contribution in [2.24, 2.45) is 0 Å². The van der Waals surface area contributed by atoms with Gasteiger partial charge in [-0.05, 0) is 25.5 Å². The number of carbonyl (C=O) groups excluding carboxylic acids is 1. The first-order chi connectivity index (χ1) is 7.25. The molecule has 3 heteroatoms. The predicted molar refractivity (Wildman–Crippen MR) is 57.6 cm³/mol. The molecular weight excluding hydrogens is 192 g/mol. The Kier molecular flexibility index (Phi) is 4.95. The molecule has 1 aromatic heterocycles. The number of rotatable bonds is 6. The molecule has 0 spiro atoms. The molecule has 0 radical (unpaired) electrons. The van der Waals surface area contributed by atoms with Crippen molar-refractivity contribution in [3.8, 4) is 0 Å². The van der Waals surface area contributed by atoms with Crippen molar-refractivity contribution in [3.63, 3.8) is 0 Å². The van der Waals surface area contributed by atoms with Crippen LogP contribution in [-0.4, -0.2) is 12.6 Å². The molecular formula is C12H18O3. The lowest BCUT2D eigenvalue weighted by molar-refractivity contribution is -0.145. The molecule has 0 aliphatic carbocycles. The number of unbranched alkanes of at least 4 members (excludes halogenated alkanes) is 2. The van der Waals surface area contributed by atoms with Gasteiger partial charge >= 0.3 is 5.97 Å². The van der Waals surface area contributed by atoms with Gasteiger partial charge in [-0.25, -0.2) is 0 Å². The molecule has 1 unspecified atom stereocenters. The standard InChI is InChI=1S/C12H18O3/c1-3-4-5-8-15-12(13)10(2)11-7-6-9-14-11/h6-7,9-10H,3-5,8H2,1-2H3. The maximum Gasteiger partial charge on any atom is 0.316 e. The molecule has 3 nitrogen and oxygen atoms in total. The van der Waals surface area contributed by atoms with Crippen LogP contribution in [0.1, 0.15) is 44.8 Å². The summed E-state index contributed by atoms with van der Waals surface area (Å²) in [5.74, 6) is 0.151. The fraction of sp³-hybridized carbons (Fsp3) is 0.583. The zero-order valence-corrected chi connectivity index (χ0v) is 9.36. The highest BCUT2D eigenvalue weighted by molar-refractivity contribution is 5.76. The summed E-state index contributed by atoms with van der Waals surface area (Å²) in [5.41, 5.74) is 0. The van der Waals surface area contributed by atoms with Crippen LogP contribution in [0.5, 0.6) is 0 Å². The van der Waals surface area contributed by atoms with Gasteiger partial charge in [0.25, 0.3) is 0 Å². The topological polar surface area (TPSA) is 39.4 Å². The van der Waals surface area contributed by atoms with Crippen LogP contribution < -0.4 is 0 Å². The van der Waals surface area contributed by atoms with E-state index in [1.807, 2.05) is 0 Å². The first kappa shape index (κ1) is 11.8. The second-order valence-electron chi connectivity index (χ2n) is 3.61. The number of esters is 1. The van der Waals surface area contributed by atoms with Crippen molar-refractivity contribution in [2.75, 3.05) is 6.61 Å². The fourth-order valence-corrected chi connectivity index (χ4v) is 1.30. The van der Waals surface area contributed by atoms with Crippen LogP contribution in [0.4, 0.5) is 0 Å². The SMILES string of the molecule is CCCCCOC(=O)C(C)c1ccco1. The minimum atomic E-state index is -0.304. The number of hydrogen-bond donors (Lipinski definition) is 0. The molecule has 84 valence electrons. The Balaban J connectivity index is 2.28. The Morgan fingerprint density at radius 3 is 2.93 bits per heavy atom. The summed E-state index contributed by atoms with van der Waals surface area (Å²) in [4.78, 5) is 11.5. The van der Waals surface area contributed by atoms with Gasteiger partial charge in [-0.15, -0.1) is 0 Å². The van der Waals surface area contributed by atoms with E-state index in [0.717, 1.165) is 19.3 Å².